The molecular weight excluding hydrogens is 258 g/mol. The lowest BCUT2D eigenvalue weighted by molar-refractivity contribution is -0.0371. The van der Waals surface area contributed by atoms with Gasteiger partial charge in [-0.15, -0.1) is 0 Å². The fourth-order valence-corrected chi connectivity index (χ4v) is 2.25. The first-order valence-corrected chi connectivity index (χ1v) is 6.63. The van der Waals surface area contributed by atoms with Gasteiger partial charge >= 0.3 is 6.01 Å². The van der Waals surface area contributed by atoms with Gasteiger partial charge in [0.1, 0.15) is 6.10 Å². The molecule has 0 spiro atoms. The van der Waals surface area contributed by atoms with Crippen molar-refractivity contribution >= 4 is 6.01 Å². The third kappa shape index (κ3) is 2.81. The predicted molar refractivity (Wildman–Crippen MR) is 73.4 cm³/mol. The van der Waals surface area contributed by atoms with Crippen molar-refractivity contribution in [2.24, 2.45) is 0 Å². The van der Waals surface area contributed by atoms with E-state index >= 15 is 0 Å². The maximum absolute atomic E-state index is 5.39. The lowest BCUT2D eigenvalue weighted by Crippen LogP contribution is -2.43. The van der Waals surface area contributed by atoms with Gasteiger partial charge in [-0.2, -0.15) is 4.98 Å². The number of hydrogen-bond acceptors (Lipinski definition) is 6. The standard InChI is InChI=1S/C14H17N3O3/c1-18-12-9-19-8-7-11(12)15-14-16-13(17-20-14)10-5-3-2-4-6-10/h2-6,11-12H,7-9H2,1H3,(H,15,16,17)/t11-,12-/m0/s1. The predicted octanol–water partition coefficient (Wildman–Crippen LogP) is 1.95. The minimum Gasteiger partial charge on any atom is -0.379 e. The first-order chi connectivity index (χ1) is 9.86. The lowest BCUT2D eigenvalue weighted by Gasteiger charge is -2.30. The van der Waals surface area contributed by atoms with Crippen molar-refractivity contribution in [3.8, 4) is 11.4 Å². The lowest BCUT2D eigenvalue weighted by atomic mass is 10.1. The maximum Gasteiger partial charge on any atom is 0.322 e. The van der Waals surface area contributed by atoms with Crippen LogP contribution in [-0.4, -0.2) is 42.6 Å². The van der Waals surface area contributed by atoms with Gasteiger partial charge in [0.2, 0.25) is 5.82 Å². The number of methoxy groups -OCH3 is 1. The van der Waals surface area contributed by atoms with E-state index in [-0.39, 0.29) is 12.1 Å². The quantitative estimate of drug-likeness (QED) is 0.919. The summed E-state index contributed by atoms with van der Waals surface area (Å²) in [4.78, 5) is 4.36. The maximum atomic E-state index is 5.39. The molecule has 1 saturated heterocycles. The van der Waals surface area contributed by atoms with Gasteiger partial charge in [0, 0.05) is 19.3 Å². The van der Waals surface area contributed by atoms with Gasteiger partial charge in [0.05, 0.1) is 12.6 Å². The summed E-state index contributed by atoms with van der Waals surface area (Å²) in [6.07, 6.45) is 0.845. The first kappa shape index (κ1) is 13.1. The monoisotopic (exact) mass is 275 g/mol. The molecule has 1 aliphatic heterocycles. The van der Waals surface area contributed by atoms with Crippen LogP contribution in [0.3, 0.4) is 0 Å². The van der Waals surface area contributed by atoms with Crippen LogP contribution in [0.4, 0.5) is 6.01 Å². The SMILES string of the molecule is CO[C@H]1COCC[C@@H]1Nc1nc(-c2ccccc2)no1. The summed E-state index contributed by atoms with van der Waals surface area (Å²) >= 11 is 0. The van der Waals surface area contributed by atoms with E-state index in [1.54, 1.807) is 7.11 Å². The number of nitrogens with zero attached hydrogens (tertiary/aromatic N) is 2. The van der Waals surface area contributed by atoms with Crippen LogP contribution in [0.2, 0.25) is 0 Å². The van der Waals surface area contributed by atoms with Gasteiger partial charge < -0.3 is 19.3 Å². The molecule has 0 amide bonds. The van der Waals surface area contributed by atoms with Crippen LogP contribution < -0.4 is 5.32 Å². The molecule has 1 fully saturated rings. The van der Waals surface area contributed by atoms with E-state index < -0.39 is 0 Å². The molecule has 6 heteroatoms. The normalized spacial score (nSPS) is 22.6. The molecule has 2 heterocycles. The van der Waals surface area contributed by atoms with Gasteiger partial charge in [-0.3, -0.25) is 0 Å². The highest BCUT2D eigenvalue weighted by Crippen LogP contribution is 2.20. The summed E-state index contributed by atoms with van der Waals surface area (Å²) in [5, 5.41) is 7.21. The van der Waals surface area contributed by atoms with Gasteiger partial charge in [-0.05, 0) is 6.42 Å². The van der Waals surface area contributed by atoms with Crippen LogP contribution in [0, 0.1) is 0 Å². The summed E-state index contributed by atoms with van der Waals surface area (Å²) in [5.74, 6) is 0.578. The topological polar surface area (TPSA) is 69.4 Å². The fraction of sp³-hybridized carbons (Fsp3) is 0.429. The van der Waals surface area contributed by atoms with Gasteiger partial charge in [-0.25, -0.2) is 0 Å². The molecule has 0 aliphatic carbocycles. The zero-order valence-corrected chi connectivity index (χ0v) is 11.3. The number of ether oxygens (including phenoxy) is 2. The Morgan fingerprint density at radius 1 is 1.30 bits per heavy atom. The highest BCUT2D eigenvalue weighted by atomic mass is 16.5. The van der Waals surface area contributed by atoms with E-state index in [1.165, 1.54) is 0 Å². The van der Waals surface area contributed by atoms with E-state index in [0.717, 1.165) is 12.0 Å². The summed E-state index contributed by atoms with van der Waals surface area (Å²) in [6, 6.07) is 10.3. The smallest absolute Gasteiger partial charge is 0.322 e. The van der Waals surface area contributed by atoms with Crippen LogP contribution in [0.25, 0.3) is 11.4 Å². The molecule has 1 aliphatic rings. The molecule has 0 radical (unpaired) electrons. The van der Waals surface area contributed by atoms with Gasteiger partial charge in [0.25, 0.3) is 0 Å². The summed E-state index contributed by atoms with van der Waals surface area (Å²) in [7, 11) is 1.68. The van der Waals surface area contributed by atoms with E-state index in [9.17, 15) is 0 Å². The number of benzene rings is 1. The Morgan fingerprint density at radius 2 is 2.15 bits per heavy atom. The highest BCUT2D eigenvalue weighted by Gasteiger charge is 2.27. The Bertz CT molecular complexity index is 544. The fourth-order valence-electron chi connectivity index (χ4n) is 2.25. The van der Waals surface area contributed by atoms with E-state index in [1.807, 2.05) is 30.3 Å². The van der Waals surface area contributed by atoms with Crippen molar-refractivity contribution < 1.29 is 14.0 Å². The van der Waals surface area contributed by atoms with Crippen molar-refractivity contribution in [3.05, 3.63) is 30.3 Å². The molecule has 20 heavy (non-hydrogen) atoms. The number of hydrogen-bond donors (Lipinski definition) is 1. The number of anilines is 1. The third-order valence-corrected chi connectivity index (χ3v) is 3.37. The molecule has 1 aromatic carbocycles. The van der Waals surface area contributed by atoms with Crippen LogP contribution in [0.1, 0.15) is 6.42 Å². The van der Waals surface area contributed by atoms with Crippen LogP contribution in [0.15, 0.2) is 34.9 Å². The highest BCUT2D eigenvalue weighted by molar-refractivity contribution is 5.54. The molecule has 1 aromatic heterocycles. The summed E-state index contributed by atoms with van der Waals surface area (Å²) in [5.41, 5.74) is 0.930. The van der Waals surface area contributed by atoms with Crippen LogP contribution in [0.5, 0.6) is 0 Å². The number of nitrogens with one attached hydrogen (secondary N) is 1. The Labute approximate surface area is 117 Å². The van der Waals surface area contributed by atoms with E-state index in [0.29, 0.717) is 25.1 Å². The minimum absolute atomic E-state index is 0.00387. The Kier molecular flexibility index (Phi) is 3.94. The van der Waals surface area contributed by atoms with Gasteiger partial charge in [0.15, 0.2) is 0 Å². The molecule has 6 nitrogen and oxygen atoms in total. The van der Waals surface area contributed by atoms with Crippen molar-refractivity contribution in [2.75, 3.05) is 25.6 Å². The molecule has 2 aromatic rings. The van der Waals surface area contributed by atoms with Crippen molar-refractivity contribution in [1.29, 1.82) is 0 Å². The molecular formula is C14H17N3O3. The molecule has 106 valence electrons. The Morgan fingerprint density at radius 3 is 2.95 bits per heavy atom. The second kappa shape index (κ2) is 6.02. The molecule has 0 saturated carbocycles. The van der Waals surface area contributed by atoms with Crippen molar-refractivity contribution in [3.63, 3.8) is 0 Å². The third-order valence-electron chi connectivity index (χ3n) is 3.37. The molecule has 3 rings (SSSR count). The van der Waals surface area contributed by atoms with Crippen LogP contribution >= 0.6 is 0 Å². The second-order valence-electron chi connectivity index (χ2n) is 4.68. The largest absolute Gasteiger partial charge is 0.379 e. The molecule has 0 unspecified atom stereocenters. The van der Waals surface area contributed by atoms with Crippen molar-refractivity contribution in [1.82, 2.24) is 10.1 Å². The molecule has 1 N–H and O–H groups in total. The Hall–Kier alpha value is -1.92. The van der Waals surface area contributed by atoms with Gasteiger partial charge in [-0.1, -0.05) is 35.5 Å². The van der Waals surface area contributed by atoms with E-state index in [2.05, 4.69) is 15.5 Å². The number of rotatable bonds is 4. The molecule has 0 bridgehead atoms. The van der Waals surface area contributed by atoms with E-state index in [4.69, 9.17) is 14.0 Å². The van der Waals surface area contributed by atoms with Crippen molar-refractivity contribution in [2.45, 2.75) is 18.6 Å². The second-order valence-corrected chi connectivity index (χ2v) is 4.68. The molecule has 2 atom stereocenters. The average Bonchev–Trinajstić information content (AvgIpc) is 2.97. The zero-order valence-electron chi connectivity index (χ0n) is 11.3. The summed E-state index contributed by atoms with van der Waals surface area (Å²) in [6.45, 7) is 1.28. The first-order valence-electron chi connectivity index (χ1n) is 6.63. The summed E-state index contributed by atoms with van der Waals surface area (Å²) < 4.78 is 16.0. The Balaban J connectivity index is 1.71. The zero-order chi connectivity index (χ0) is 13.8. The average molecular weight is 275 g/mol. The van der Waals surface area contributed by atoms with Crippen LogP contribution in [-0.2, 0) is 9.47 Å². The minimum atomic E-state index is -0.00387. The number of aromatic nitrogens is 2.